The average molecular weight is 307 g/mol. The summed E-state index contributed by atoms with van der Waals surface area (Å²) in [5.41, 5.74) is 0.172. The number of furan rings is 1. The lowest BCUT2D eigenvalue weighted by Crippen LogP contribution is -2.27. The van der Waals surface area contributed by atoms with Gasteiger partial charge in [-0.1, -0.05) is 12.1 Å². The van der Waals surface area contributed by atoms with Crippen molar-refractivity contribution >= 4 is 15.7 Å². The summed E-state index contributed by atoms with van der Waals surface area (Å²) in [5, 5.41) is 0. The number of benzene rings is 1. The molecule has 0 aliphatic heterocycles. The molecule has 112 valence electrons. The Morgan fingerprint density at radius 3 is 2.43 bits per heavy atom. The maximum atomic E-state index is 12.4. The minimum absolute atomic E-state index is 0.0393. The van der Waals surface area contributed by atoms with Crippen LogP contribution in [0, 0.1) is 6.92 Å². The van der Waals surface area contributed by atoms with Crippen molar-refractivity contribution in [2.24, 2.45) is 0 Å². The molecule has 0 spiro atoms. The van der Waals surface area contributed by atoms with Gasteiger partial charge in [0, 0.05) is 13.3 Å². The van der Waals surface area contributed by atoms with Gasteiger partial charge in [0.25, 0.3) is 5.91 Å². The highest BCUT2D eigenvalue weighted by molar-refractivity contribution is 7.90. The van der Waals surface area contributed by atoms with Crippen LogP contribution in [0.1, 0.15) is 21.9 Å². The highest BCUT2D eigenvalue weighted by atomic mass is 32.2. The molecule has 1 amide bonds. The first kappa shape index (κ1) is 15.3. The summed E-state index contributed by atoms with van der Waals surface area (Å²) in [4.78, 5) is 13.9. The van der Waals surface area contributed by atoms with Crippen molar-refractivity contribution in [2.75, 3.05) is 13.3 Å². The topological polar surface area (TPSA) is 67.6 Å². The Bertz CT molecular complexity index is 761. The zero-order valence-electron chi connectivity index (χ0n) is 12.2. The summed E-state index contributed by atoms with van der Waals surface area (Å²) < 4.78 is 28.9. The van der Waals surface area contributed by atoms with E-state index in [0.29, 0.717) is 5.76 Å². The van der Waals surface area contributed by atoms with E-state index in [2.05, 4.69) is 0 Å². The molecule has 1 aromatic carbocycles. The predicted molar refractivity (Wildman–Crippen MR) is 78.8 cm³/mol. The van der Waals surface area contributed by atoms with E-state index in [9.17, 15) is 13.2 Å². The van der Waals surface area contributed by atoms with E-state index in [4.69, 9.17) is 4.42 Å². The number of carbonyl (C=O) groups is 1. The molecular formula is C15H17NO4S. The van der Waals surface area contributed by atoms with Gasteiger partial charge < -0.3 is 9.32 Å². The first-order valence-electron chi connectivity index (χ1n) is 6.39. The number of nitrogens with zero attached hydrogens (tertiary/aromatic N) is 1. The van der Waals surface area contributed by atoms with E-state index >= 15 is 0 Å². The second kappa shape index (κ2) is 5.73. The molecule has 0 N–H and O–H groups in total. The van der Waals surface area contributed by atoms with Crippen molar-refractivity contribution in [1.82, 2.24) is 4.90 Å². The van der Waals surface area contributed by atoms with Gasteiger partial charge in [-0.2, -0.15) is 0 Å². The van der Waals surface area contributed by atoms with Crippen molar-refractivity contribution in [1.29, 1.82) is 0 Å². The van der Waals surface area contributed by atoms with E-state index in [1.165, 1.54) is 17.0 Å². The number of amides is 1. The molecule has 2 rings (SSSR count). The molecule has 0 atom stereocenters. The van der Waals surface area contributed by atoms with Crippen LogP contribution in [0.15, 0.2) is 45.7 Å². The van der Waals surface area contributed by atoms with Gasteiger partial charge in [0.15, 0.2) is 9.84 Å². The fraction of sp³-hybridized carbons (Fsp3) is 0.267. The summed E-state index contributed by atoms with van der Waals surface area (Å²) in [7, 11) is -1.84. The number of hydrogen-bond donors (Lipinski definition) is 0. The lowest BCUT2D eigenvalue weighted by molar-refractivity contribution is 0.0771. The van der Waals surface area contributed by atoms with Gasteiger partial charge in [0.1, 0.15) is 11.5 Å². The third-order valence-corrected chi connectivity index (χ3v) is 4.21. The molecule has 5 nitrogen and oxygen atoms in total. The fourth-order valence-corrected chi connectivity index (χ4v) is 2.93. The number of hydrogen-bond acceptors (Lipinski definition) is 4. The van der Waals surface area contributed by atoms with Gasteiger partial charge >= 0.3 is 0 Å². The van der Waals surface area contributed by atoms with E-state index < -0.39 is 9.84 Å². The van der Waals surface area contributed by atoms with Gasteiger partial charge in [-0.15, -0.1) is 0 Å². The second-order valence-electron chi connectivity index (χ2n) is 4.94. The summed E-state index contributed by atoms with van der Waals surface area (Å²) >= 11 is 0. The van der Waals surface area contributed by atoms with Gasteiger partial charge in [0.05, 0.1) is 17.0 Å². The Balaban J connectivity index is 2.28. The van der Waals surface area contributed by atoms with Gasteiger partial charge in [-0.25, -0.2) is 8.42 Å². The predicted octanol–water partition coefficient (Wildman–Crippen LogP) is 2.26. The first-order valence-corrected chi connectivity index (χ1v) is 8.28. The van der Waals surface area contributed by atoms with Crippen molar-refractivity contribution in [3.8, 4) is 0 Å². The average Bonchev–Trinajstić information content (AvgIpc) is 2.82. The largest absolute Gasteiger partial charge is 0.464 e. The molecule has 0 saturated heterocycles. The quantitative estimate of drug-likeness (QED) is 0.869. The summed E-state index contributed by atoms with van der Waals surface area (Å²) in [6, 6.07) is 9.81. The van der Waals surface area contributed by atoms with Crippen LogP contribution < -0.4 is 0 Å². The molecule has 0 aliphatic carbocycles. The van der Waals surface area contributed by atoms with Crippen molar-refractivity contribution in [2.45, 2.75) is 18.4 Å². The van der Waals surface area contributed by atoms with Crippen LogP contribution in [0.4, 0.5) is 0 Å². The standard InChI is InChI=1S/C15H17NO4S/c1-11-8-9-12(20-11)10-16(2)15(17)13-6-4-5-7-14(13)21(3,18)19/h4-9H,10H2,1-3H3. The second-order valence-corrected chi connectivity index (χ2v) is 6.93. The van der Waals surface area contributed by atoms with Crippen LogP contribution in [-0.4, -0.2) is 32.5 Å². The summed E-state index contributed by atoms with van der Waals surface area (Å²) in [6.07, 6.45) is 1.09. The van der Waals surface area contributed by atoms with Gasteiger partial charge in [-0.05, 0) is 31.2 Å². The lowest BCUT2D eigenvalue weighted by atomic mass is 10.2. The van der Waals surface area contributed by atoms with Crippen LogP contribution in [0.5, 0.6) is 0 Å². The molecule has 0 unspecified atom stereocenters. The SMILES string of the molecule is Cc1ccc(CN(C)C(=O)c2ccccc2S(C)(=O)=O)o1. The molecule has 0 aliphatic rings. The lowest BCUT2D eigenvalue weighted by Gasteiger charge is -2.17. The van der Waals surface area contributed by atoms with Crippen molar-refractivity contribution in [3.63, 3.8) is 0 Å². The molecule has 0 radical (unpaired) electrons. The third kappa shape index (κ3) is 3.52. The highest BCUT2D eigenvalue weighted by Crippen LogP contribution is 2.18. The van der Waals surface area contributed by atoms with Crippen LogP contribution in [0.2, 0.25) is 0 Å². The minimum Gasteiger partial charge on any atom is -0.464 e. The Hall–Kier alpha value is -2.08. The van der Waals surface area contributed by atoms with Crippen molar-refractivity contribution in [3.05, 3.63) is 53.5 Å². The highest BCUT2D eigenvalue weighted by Gasteiger charge is 2.21. The van der Waals surface area contributed by atoms with Gasteiger partial charge in [-0.3, -0.25) is 4.79 Å². The maximum Gasteiger partial charge on any atom is 0.255 e. The molecule has 1 aromatic heterocycles. The maximum absolute atomic E-state index is 12.4. The Morgan fingerprint density at radius 1 is 1.19 bits per heavy atom. The Morgan fingerprint density at radius 2 is 1.86 bits per heavy atom. The van der Waals surface area contributed by atoms with E-state index in [1.807, 2.05) is 13.0 Å². The molecular weight excluding hydrogens is 290 g/mol. The summed E-state index contributed by atoms with van der Waals surface area (Å²) in [5.74, 6) is 1.06. The monoisotopic (exact) mass is 307 g/mol. The number of carbonyl (C=O) groups excluding carboxylic acids is 1. The van der Waals surface area contributed by atoms with E-state index in [0.717, 1.165) is 12.0 Å². The Labute approximate surface area is 124 Å². The van der Waals surface area contributed by atoms with E-state index in [-0.39, 0.29) is 22.9 Å². The fourth-order valence-electron chi connectivity index (χ4n) is 2.05. The van der Waals surface area contributed by atoms with Crippen LogP contribution >= 0.6 is 0 Å². The zero-order valence-corrected chi connectivity index (χ0v) is 13.0. The van der Waals surface area contributed by atoms with Crippen molar-refractivity contribution < 1.29 is 17.6 Å². The number of sulfone groups is 1. The summed E-state index contributed by atoms with van der Waals surface area (Å²) in [6.45, 7) is 2.11. The van der Waals surface area contributed by atoms with E-state index in [1.54, 1.807) is 25.2 Å². The van der Waals surface area contributed by atoms with Crippen LogP contribution in [0.3, 0.4) is 0 Å². The molecule has 0 bridgehead atoms. The third-order valence-electron chi connectivity index (χ3n) is 3.05. The van der Waals surface area contributed by atoms with Gasteiger partial charge in [0.2, 0.25) is 0 Å². The molecule has 2 aromatic rings. The van der Waals surface area contributed by atoms with Crippen LogP contribution in [-0.2, 0) is 16.4 Å². The molecule has 1 heterocycles. The molecule has 0 fully saturated rings. The number of aryl methyl sites for hydroxylation is 1. The molecule has 0 saturated carbocycles. The smallest absolute Gasteiger partial charge is 0.255 e. The normalized spacial score (nSPS) is 11.4. The minimum atomic E-state index is -3.45. The Kier molecular flexibility index (Phi) is 4.18. The first-order chi connectivity index (χ1) is 9.79. The molecule has 21 heavy (non-hydrogen) atoms. The zero-order chi connectivity index (χ0) is 15.6. The van der Waals surface area contributed by atoms with Crippen LogP contribution in [0.25, 0.3) is 0 Å². The molecule has 6 heteroatoms. The number of rotatable bonds is 4.